The second-order valence-corrected chi connectivity index (χ2v) is 8.75. The Labute approximate surface area is 177 Å². The molecule has 1 aliphatic rings. The largest absolute Gasteiger partial charge is 0.464 e. The molecule has 2 aromatic heterocycles. The topological polar surface area (TPSA) is 107 Å². The number of hydrogen-bond donors (Lipinski definition) is 0. The number of rotatable bonds is 4. The number of carbonyl (C=O) groups excluding carboxylic acids is 1. The molecule has 0 bridgehead atoms. The first-order chi connectivity index (χ1) is 14.2. The van der Waals surface area contributed by atoms with Crippen molar-refractivity contribution in [3.8, 4) is 23.3 Å². The normalized spacial score (nSPS) is 15.8. The molecule has 8 nitrogen and oxygen atoms in total. The Hall–Kier alpha value is -2.77. The van der Waals surface area contributed by atoms with E-state index in [1.165, 1.54) is 19.4 Å². The lowest BCUT2D eigenvalue weighted by atomic mass is 9.90. The Bertz CT molecular complexity index is 1090. The standard InChI is InChI=1S/C20H21FN4O4S/c1-20(2,3)16-14(21)5-11(7-23-16)15-13(6-22)17(26)25-8-12(9-29-19(25)24-15)18(27)30-10-28-4/h5,7,12H,8-10H2,1-4H3. The van der Waals surface area contributed by atoms with Gasteiger partial charge in [0.1, 0.15) is 29.8 Å². The highest BCUT2D eigenvalue weighted by molar-refractivity contribution is 8.13. The van der Waals surface area contributed by atoms with Crippen molar-refractivity contribution < 1.29 is 18.7 Å². The fourth-order valence-corrected chi connectivity index (χ4v) is 3.67. The first-order valence-electron chi connectivity index (χ1n) is 9.17. The van der Waals surface area contributed by atoms with Gasteiger partial charge in [-0.05, 0) is 6.07 Å². The number of halogens is 1. The van der Waals surface area contributed by atoms with E-state index in [0.717, 1.165) is 16.3 Å². The Morgan fingerprint density at radius 3 is 2.83 bits per heavy atom. The number of pyridine rings is 1. The number of nitrogens with zero attached hydrogens (tertiary/aromatic N) is 4. The molecule has 0 aromatic carbocycles. The third-order valence-corrected chi connectivity index (χ3v) is 5.51. The van der Waals surface area contributed by atoms with Crippen molar-refractivity contribution in [2.24, 2.45) is 5.92 Å². The van der Waals surface area contributed by atoms with Gasteiger partial charge in [-0.3, -0.25) is 19.1 Å². The average molecular weight is 432 g/mol. The molecule has 2 aromatic rings. The predicted octanol–water partition coefficient (Wildman–Crippen LogP) is 2.49. The van der Waals surface area contributed by atoms with Crippen LogP contribution >= 0.6 is 11.8 Å². The van der Waals surface area contributed by atoms with Gasteiger partial charge in [-0.1, -0.05) is 32.5 Å². The van der Waals surface area contributed by atoms with E-state index in [4.69, 9.17) is 9.47 Å². The number of aromatic nitrogens is 3. The summed E-state index contributed by atoms with van der Waals surface area (Å²) in [5.41, 5.74) is -0.939. The lowest BCUT2D eigenvalue weighted by Gasteiger charge is -2.25. The van der Waals surface area contributed by atoms with E-state index in [2.05, 4.69) is 9.97 Å². The summed E-state index contributed by atoms with van der Waals surface area (Å²) in [6, 6.07) is 3.04. The van der Waals surface area contributed by atoms with Crippen LogP contribution in [0, 0.1) is 23.1 Å². The third-order valence-electron chi connectivity index (χ3n) is 4.54. The van der Waals surface area contributed by atoms with Gasteiger partial charge in [0.2, 0.25) is 0 Å². The van der Waals surface area contributed by atoms with Crippen molar-refractivity contribution in [2.75, 3.05) is 19.7 Å². The molecule has 1 aliphatic heterocycles. The van der Waals surface area contributed by atoms with E-state index in [0.29, 0.717) is 0 Å². The SMILES string of the molecule is COCSC(=O)C1COc2nc(-c3cnc(C(C)(C)C)c(F)c3)c(C#N)c(=O)n2C1. The average Bonchev–Trinajstić information content (AvgIpc) is 2.70. The quantitative estimate of drug-likeness (QED) is 0.678. The molecule has 30 heavy (non-hydrogen) atoms. The summed E-state index contributed by atoms with van der Waals surface area (Å²) >= 11 is 0.986. The molecule has 0 fully saturated rings. The number of carbonyl (C=O) groups is 1. The Kier molecular flexibility index (Phi) is 6.24. The van der Waals surface area contributed by atoms with Crippen molar-refractivity contribution in [1.29, 1.82) is 5.26 Å². The van der Waals surface area contributed by atoms with Crippen molar-refractivity contribution in [3.05, 3.63) is 39.7 Å². The smallest absolute Gasteiger partial charge is 0.299 e. The third kappa shape index (κ3) is 4.22. The van der Waals surface area contributed by atoms with Gasteiger partial charge in [-0.2, -0.15) is 10.2 Å². The lowest BCUT2D eigenvalue weighted by Crippen LogP contribution is -2.38. The van der Waals surface area contributed by atoms with E-state index in [9.17, 15) is 19.2 Å². The molecular formula is C20H21FN4O4S. The molecule has 0 aliphatic carbocycles. The highest BCUT2D eigenvalue weighted by atomic mass is 32.2. The van der Waals surface area contributed by atoms with Crippen molar-refractivity contribution in [1.82, 2.24) is 14.5 Å². The second-order valence-electron chi connectivity index (χ2n) is 7.83. The number of hydrogen-bond acceptors (Lipinski definition) is 8. The van der Waals surface area contributed by atoms with Gasteiger partial charge in [0.05, 0.1) is 17.6 Å². The van der Waals surface area contributed by atoms with Crippen molar-refractivity contribution in [2.45, 2.75) is 32.7 Å². The van der Waals surface area contributed by atoms with Crippen LogP contribution in [0.15, 0.2) is 17.1 Å². The minimum Gasteiger partial charge on any atom is -0.464 e. The predicted molar refractivity (Wildman–Crippen MR) is 109 cm³/mol. The highest BCUT2D eigenvalue weighted by Gasteiger charge is 2.30. The van der Waals surface area contributed by atoms with Gasteiger partial charge in [-0.25, -0.2) is 4.39 Å². The molecule has 3 rings (SSSR count). The molecule has 0 saturated carbocycles. The summed E-state index contributed by atoms with van der Waals surface area (Å²) in [6.07, 6.45) is 1.39. The van der Waals surface area contributed by atoms with Crippen LogP contribution in [0.5, 0.6) is 6.01 Å². The minimum absolute atomic E-state index is 0.000793. The molecule has 1 atom stereocenters. The molecule has 0 saturated heterocycles. The lowest BCUT2D eigenvalue weighted by molar-refractivity contribution is -0.116. The van der Waals surface area contributed by atoms with Crippen LogP contribution in [0.1, 0.15) is 32.0 Å². The summed E-state index contributed by atoms with van der Waals surface area (Å²) < 4.78 is 26.2. The van der Waals surface area contributed by atoms with E-state index < -0.39 is 22.7 Å². The zero-order chi connectivity index (χ0) is 22.1. The monoisotopic (exact) mass is 432 g/mol. The molecular weight excluding hydrogens is 411 g/mol. The molecule has 0 N–H and O–H groups in total. The van der Waals surface area contributed by atoms with Crippen molar-refractivity contribution in [3.63, 3.8) is 0 Å². The van der Waals surface area contributed by atoms with Crippen LogP contribution < -0.4 is 10.3 Å². The fraction of sp³-hybridized carbons (Fsp3) is 0.450. The molecule has 3 heterocycles. The molecule has 0 amide bonds. The van der Waals surface area contributed by atoms with Crippen LogP contribution in [0.25, 0.3) is 11.3 Å². The van der Waals surface area contributed by atoms with Gasteiger partial charge >= 0.3 is 0 Å². The fourth-order valence-electron chi connectivity index (χ4n) is 3.06. The summed E-state index contributed by atoms with van der Waals surface area (Å²) in [5, 5.41) is 9.38. The molecule has 1 unspecified atom stereocenters. The van der Waals surface area contributed by atoms with Crippen LogP contribution in [-0.2, 0) is 21.5 Å². The number of ether oxygens (including phenoxy) is 2. The zero-order valence-corrected chi connectivity index (χ0v) is 17.9. The van der Waals surface area contributed by atoms with Crippen LogP contribution in [0.4, 0.5) is 4.39 Å². The van der Waals surface area contributed by atoms with Gasteiger partial charge in [0, 0.05) is 30.8 Å². The molecule has 0 radical (unpaired) electrons. The molecule has 10 heteroatoms. The Morgan fingerprint density at radius 1 is 1.50 bits per heavy atom. The van der Waals surface area contributed by atoms with Crippen LogP contribution in [0.3, 0.4) is 0 Å². The van der Waals surface area contributed by atoms with Gasteiger partial charge < -0.3 is 9.47 Å². The van der Waals surface area contributed by atoms with Gasteiger partial charge in [0.25, 0.3) is 11.6 Å². The van der Waals surface area contributed by atoms with Crippen LogP contribution in [0.2, 0.25) is 0 Å². The molecule has 158 valence electrons. The Balaban J connectivity index is 2.02. The summed E-state index contributed by atoms with van der Waals surface area (Å²) in [7, 11) is 1.48. The first kappa shape index (κ1) is 21.9. The zero-order valence-electron chi connectivity index (χ0n) is 17.1. The number of fused-ring (bicyclic) bond motifs is 1. The summed E-state index contributed by atoms with van der Waals surface area (Å²) in [5.74, 6) is -0.925. The number of thioether (sulfide) groups is 1. The highest BCUT2D eigenvalue weighted by Crippen LogP contribution is 2.29. The maximum absolute atomic E-state index is 14.6. The van der Waals surface area contributed by atoms with E-state index in [1.807, 2.05) is 26.8 Å². The molecule has 0 spiro atoms. The maximum Gasteiger partial charge on any atom is 0.299 e. The van der Waals surface area contributed by atoms with E-state index in [1.54, 1.807) is 0 Å². The Morgan fingerprint density at radius 2 is 2.23 bits per heavy atom. The summed E-state index contributed by atoms with van der Waals surface area (Å²) in [4.78, 5) is 33.6. The minimum atomic E-state index is -0.646. The number of nitriles is 1. The first-order valence-corrected chi connectivity index (χ1v) is 10.2. The van der Waals surface area contributed by atoms with E-state index >= 15 is 0 Å². The van der Waals surface area contributed by atoms with Crippen molar-refractivity contribution >= 4 is 16.9 Å². The van der Waals surface area contributed by atoms with Gasteiger partial charge in [-0.15, -0.1) is 0 Å². The maximum atomic E-state index is 14.6. The van der Waals surface area contributed by atoms with E-state index in [-0.39, 0.29) is 52.7 Å². The second kappa shape index (κ2) is 8.53. The van der Waals surface area contributed by atoms with Gasteiger partial charge in [0.15, 0.2) is 5.12 Å². The van der Waals surface area contributed by atoms with Crippen LogP contribution in [-0.4, -0.2) is 39.3 Å². The number of methoxy groups -OCH3 is 1. The summed E-state index contributed by atoms with van der Waals surface area (Å²) in [6.45, 7) is 5.58.